The summed E-state index contributed by atoms with van der Waals surface area (Å²) in [6.07, 6.45) is 3.21. The van der Waals surface area contributed by atoms with Gasteiger partial charge in [-0.1, -0.05) is 0 Å². The van der Waals surface area contributed by atoms with Crippen molar-refractivity contribution in [2.75, 3.05) is 59.0 Å². The van der Waals surface area contributed by atoms with Crippen LogP contribution >= 0.6 is 0 Å². The molecular weight excluding hydrogens is 324 g/mol. The first-order valence-corrected chi connectivity index (χ1v) is 9.28. The molecule has 0 aromatic heterocycles. The molecule has 3 amide bonds. The topological polar surface area (TPSA) is 82.2 Å². The number of amides is 3. The van der Waals surface area contributed by atoms with Crippen molar-refractivity contribution in [2.45, 2.75) is 32.6 Å². The highest BCUT2D eigenvalue weighted by Crippen LogP contribution is 2.10. The minimum atomic E-state index is -0.489. The molecule has 0 saturated carbocycles. The fourth-order valence-electron chi connectivity index (χ4n) is 3.20. The van der Waals surface area contributed by atoms with Gasteiger partial charge in [0.15, 0.2) is 0 Å². The minimum Gasteiger partial charge on any atom is -0.450 e. The van der Waals surface area contributed by atoms with Crippen molar-refractivity contribution in [3.8, 4) is 0 Å². The van der Waals surface area contributed by atoms with E-state index in [1.54, 1.807) is 11.8 Å². The van der Waals surface area contributed by atoms with Crippen LogP contribution in [0, 0.1) is 0 Å². The maximum absolute atomic E-state index is 12.3. The molecule has 0 aliphatic carbocycles. The molecule has 0 atom stereocenters. The third-order valence-corrected chi connectivity index (χ3v) is 4.68. The van der Waals surface area contributed by atoms with Crippen molar-refractivity contribution in [1.82, 2.24) is 20.0 Å². The van der Waals surface area contributed by atoms with Crippen LogP contribution < -0.4 is 5.32 Å². The van der Waals surface area contributed by atoms with Crippen molar-refractivity contribution in [2.24, 2.45) is 0 Å². The van der Waals surface area contributed by atoms with Gasteiger partial charge in [0.05, 0.1) is 13.2 Å². The lowest BCUT2D eigenvalue weighted by Gasteiger charge is -2.36. The summed E-state index contributed by atoms with van der Waals surface area (Å²) in [5.41, 5.74) is 0. The molecule has 0 aromatic carbocycles. The molecular formula is C17H30N4O4. The third kappa shape index (κ3) is 6.53. The standard InChI is InChI=1S/C17H30N4O4/c1-2-25-17(24)18-7-6-15(22)21-12-10-19(11-13-21)14-16(23)20-8-4-3-5-9-20/h2-14H2,1H3,(H,18,24). The number of nitrogens with one attached hydrogen (secondary N) is 1. The number of rotatable bonds is 6. The van der Waals surface area contributed by atoms with E-state index in [0.717, 1.165) is 39.0 Å². The molecule has 8 nitrogen and oxygen atoms in total. The summed E-state index contributed by atoms with van der Waals surface area (Å²) in [5.74, 6) is 0.233. The second kappa shape index (κ2) is 10.2. The monoisotopic (exact) mass is 354 g/mol. The number of ether oxygens (including phenoxy) is 1. The van der Waals surface area contributed by atoms with Gasteiger partial charge in [-0.2, -0.15) is 0 Å². The third-order valence-electron chi connectivity index (χ3n) is 4.68. The van der Waals surface area contributed by atoms with Gasteiger partial charge in [0, 0.05) is 52.2 Å². The smallest absolute Gasteiger partial charge is 0.407 e. The second-order valence-corrected chi connectivity index (χ2v) is 6.50. The molecule has 0 aromatic rings. The fraction of sp³-hybridized carbons (Fsp3) is 0.824. The fourth-order valence-corrected chi connectivity index (χ4v) is 3.20. The molecule has 2 fully saturated rings. The van der Waals surface area contributed by atoms with Gasteiger partial charge in [-0.15, -0.1) is 0 Å². The molecule has 2 heterocycles. The number of piperidine rings is 1. The van der Waals surface area contributed by atoms with Crippen LogP contribution in [0.15, 0.2) is 0 Å². The van der Waals surface area contributed by atoms with Gasteiger partial charge in [0.25, 0.3) is 0 Å². The summed E-state index contributed by atoms with van der Waals surface area (Å²) in [4.78, 5) is 41.5. The predicted octanol–water partition coefficient (Wildman–Crippen LogP) is 0.279. The predicted molar refractivity (Wildman–Crippen MR) is 93.1 cm³/mol. The van der Waals surface area contributed by atoms with Crippen molar-refractivity contribution in [3.05, 3.63) is 0 Å². The molecule has 2 aliphatic rings. The SMILES string of the molecule is CCOC(=O)NCCC(=O)N1CCN(CC(=O)N2CCCCC2)CC1. The van der Waals surface area contributed by atoms with E-state index in [9.17, 15) is 14.4 Å². The largest absolute Gasteiger partial charge is 0.450 e. The number of carbonyl (C=O) groups is 3. The summed E-state index contributed by atoms with van der Waals surface area (Å²) in [7, 11) is 0. The first-order valence-electron chi connectivity index (χ1n) is 9.28. The van der Waals surface area contributed by atoms with E-state index in [2.05, 4.69) is 10.2 Å². The van der Waals surface area contributed by atoms with Crippen molar-refractivity contribution in [3.63, 3.8) is 0 Å². The Morgan fingerprint density at radius 3 is 2.16 bits per heavy atom. The molecule has 1 N–H and O–H groups in total. The van der Waals surface area contributed by atoms with Crippen LogP contribution in [0.5, 0.6) is 0 Å². The number of hydrogen-bond donors (Lipinski definition) is 1. The van der Waals surface area contributed by atoms with Gasteiger partial charge in [-0.3, -0.25) is 14.5 Å². The highest BCUT2D eigenvalue weighted by atomic mass is 16.5. The van der Waals surface area contributed by atoms with Gasteiger partial charge in [0.2, 0.25) is 11.8 Å². The van der Waals surface area contributed by atoms with E-state index in [4.69, 9.17) is 4.74 Å². The molecule has 0 unspecified atom stereocenters. The number of alkyl carbamates (subject to hydrolysis) is 1. The number of nitrogens with zero attached hydrogens (tertiary/aromatic N) is 3. The number of likely N-dealkylation sites (tertiary alicyclic amines) is 1. The van der Waals surface area contributed by atoms with E-state index in [-0.39, 0.29) is 24.8 Å². The van der Waals surface area contributed by atoms with Gasteiger partial charge in [-0.25, -0.2) is 4.79 Å². The first-order chi connectivity index (χ1) is 12.1. The Labute approximate surface area is 149 Å². The summed E-state index contributed by atoms with van der Waals surface area (Å²) in [6, 6.07) is 0. The zero-order valence-corrected chi connectivity index (χ0v) is 15.2. The molecule has 142 valence electrons. The van der Waals surface area contributed by atoms with E-state index in [0.29, 0.717) is 26.2 Å². The van der Waals surface area contributed by atoms with Crippen LogP contribution in [0.2, 0.25) is 0 Å². The zero-order valence-electron chi connectivity index (χ0n) is 15.2. The molecule has 0 bridgehead atoms. The van der Waals surface area contributed by atoms with Crippen LogP contribution in [-0.4, -0.2) is 91.6 Å². The van der Waals surface area contributed by atoms with E-state index in [1.807, 2.05) is 4.90 Å². The summed E-state index contributed by atoms with van der Waals surface area (Å²) >= 11 is 0. The number of carbonyl (C=O) groups excluding carboxylic acids is 3. The maximum Gasteiger partial charge on any atom is 0.407 e. The molecule has 0 spiro atoms. The highest BCUT2D eigenvalue weighted by molar-refractivity contribution is 5.79. The Hall–Kier alpha value is -1.83. The van der Waals surface area contributed by atoms with Crippen LogP contribution in [0.3, 0.4) is 0 Å². The van der Waals surface area contributed by atoms with E-state index >= 15 is 0 Å². The highest BCUT2D eigenvalue weighted by Gasteiger charge is 2.24. The molecule has 2 saturated heterocycles. The van der Waals surface area contributed by atoms with Crippen molar-refractivity contribution < 1.29 is 19.1 Å². The second-order valence-electron chi connectivity index (χ2n) is 6.50. The minimum absolute atomic E-state index is 0.0267. The average Bonchev–Trinajstić information content (AvgIpc) is 2.63. The Bertz CT molecular complexity index is 458. The first kappa shape index (κ1) is 19.5. The van der Waals surface area contributed by atoms with E-state index in [1.165, 1.54) is 6.42 Å². The lowest BCUT2D eigenvalue weighted by atomic mass is 10.1. The average molecular weight is 354 g/mol. The van der Waals surface area contributed by atoms with Gasteiger partial charge >= 0.3 is 6.09 Å². The Kier molecular flexibility index (Phi) is 7.97. The van der Waals surface area contributed by atoms with Crippen molar-refractivity contribution >= 4 is 17.9 Å². The molecule has 2 aliphatic heterocycles. The van der Waals surface area contributed by atoms with Crippen molar-refractivity contribution in [1.29, 1.82) is 0 Å². The summed E-state index contributed by atoms with van der Waals surface area (Å²) in [5, 5.41) is 2.56. The van der Waals surface area contributed by atoms with Gasteiger partial charge in [-0.05, 0) is 26.2 Å². The van der Waals surface area contributed by atoms with Crippen LogP contribution in [0.25, 0.3) is 0 Å². The Morgan fingerprint density at radius 1 is 0.880 bits per heavy atom. The Balaban J connectivity index is 1.62. The van der Waals surface area contributed by atoms with Gasteiger partial charge in [0.1, 0.15) is 0 Å². The van der Waals surface area contributed by atoms with Gasteiger partial charge < -0.3 is 19.9 Å². The lowest BCUT2D eigenvalue weighted by molar-refractivity contribution is -0.135. The number of piperazine rings is 1. The van der Waals surface area contributed by atoms with Crippen LogP contribution in [-0.2, 0) is 14.3 Å². The molecule has 8 heteroatoms. The zero-order chi connectivity index (χ0) is 18.1. The Morgan fingerprint density at radius 2 is 1.52 bits per heavy atom. The summed E-state index contributed by atoms with van der Waals surface area (Å²) in [6.45, 7) is 7.25. The lowest BCUT2D eigenvalue weighted by Crippen LogP contribution is -2.52. The normalized spacial score (nSPS) is 18.8. The number of hydrogen-bond acceptors (Lipinski definition) is 5. The quantitative estimate of drug-likeness (QED) is 0.741. The van der Waals surface area contributed by atoms with Crippen LogP contribution in [0.4, 0.5) is 4.79 Å². The van der Waals surface area contributed by atoms with E-state index < -0.39 is 6.09 Å². The molecule has 0 radical (unpaired) electrons. The molecule has 2 rings (SSSR count). The van der Waals surface area contributed by atoms with Crippen LogP contribution in [0.1, 0.15) is 32.6 Å². The summed E-state index contributed by atoms with van der Waals surface area (Å²) < 4.78 is 4.75. The molecule has 25 heavy (non-hydrogen) atoms. The maximum atomic E-state index is 12.3.